The summed E-state index contributed by atoms with van der Waals surface area (Å²) in [5.74, 6) is 0. The van der Waals surface area contributed by atoms with E-state index in [9.17, 15) is 0 Å². The summed E-state index contributed by atoms with van der Waals surface area (Å²) >= 11 is 0. The van der Waals surface area contributed by atoms with E-state index < -0.39 is 0 Å². The van der Waals surface area contributed by atoms with Crippen LogP contribution in [0, 0.1) is 6.92 Å². The number of likely N-dealkylation sites (N-methyl/N-ethyl adjacent to an activating group) is 2. The Balaban J connectivity index is 1.90. The van der Waals surface area contributed by atoms with Gasteiger partial charge < -0.3 is 15.5 Å². The first-order valence-corrected chi connectivity index (χ1v) is 6.80. The van der Waals surface area contributed by atoms with Crippen molar-refractivity contribution in [2.24, 2.45) is 0 Å². The summed E-state index contributed by atoms with van der Waals surface area (Å²) in [6.07, 6.45) is 2.67. The second-order valence-electron chi connectivity index (χ2n) is 5.66. The molecule has 1 aromatic carbocycles. The summed E-state index contributed by atoms with van der Waals surface area (Å²) in [5, 5.41) is 0. The fourth-order valence-electron chi connectivity index (χ4n) is 2.73. The maximum atomic E-state index is 5.96. The van der Waals surface area contributed by atoms with Gasteiger partial charge in [-0.3, -0.25) is 0 Å². The number of nitrogens with zero attached hydrogens (tertiary/aromatic N) is 2. The van der Waals surface area contributed by atoms with Crippen LogP contribution in [0.3, 0.4) is 0 Å². The van der Waals surface area contributed by atoms with Gasteiger partial charge >= 0.3 is 0 Å². The minimum atomic E-state index is 0.720. The van der Waals surface area contributed by atoms with Gasteiger partial charge in [-0.05, 0) is 57.6 Å². The van der Waals surface area contributed by atoms with Gasteiger partial charge in [-0.2, -0.15) is 0 Å². The molecular formula is C15H25N3. The quantitative estimate of drug-likeness (QED) is 0.827. The van der Waals surface area contributed by atoms with Gasteiger partial charge in [-0.15, -0.1) is 0 Å². The van der Waals surface area contributed by atoms with Crippen molar-refractivity contribution in [3.63, 3.8) is 0 Å². The number of hydrogen-bond acceptors (Lipinski definition) is 3. The second-order valence-corrected chi connectivity index (χ2v) is 5.66. The van der Waals surface area contributed by atoms with Gasteiger partial charge in [0.2, 0.25) is 0 Å². The number of aryl methyl sites for hydroxylation is 1. The molecule has 1 atom stereocenters. The smallest absolute Gasteiger partial charge is 0.0346 e. The van der Waals surface area contributed by atoms with Crippen molar-refractivity contribution >= 4 is 5.69 Å². The van der Waals surface area contributed by atoms with Gasteiger partial charge in [0.05, 0.1) is 0 Å². The minimum Gasteiger partial charge on any atom is -0.399 e. The number of rotatable bonds is 4. The summed E-state index contributed by atoms with van der Waals surface area (Å²) in [7, 11) is 4.43. The molecule has 0 aliphatic carbocycles. The lowest BCUT2D eigenvalue weighted by atomic mass is 10.1. The SMILES string of the molecule is Cc1ccc(CN(C)CC2CCCN2C)cc1N. The molecule has 1 aliphatic rings. The monoisotopic (exact) mass is 247 g/mol. The Hall–Kier alpha value is -1.06. The first-order valence-electron chi connectivity index (χ1n) is 6.80. The molecule has 0 radical (unpaired) electrons. The van der Waals surface area contributed by atoms with Crippen molar-refractivity contribution in [1.82, 2.24) is 9.80 Å². The molecule has 0 bridgehead atoms. The van der Waals surface area contributed by atoms with Crippen LogP contribution in [0.1, 0.15) is 24.0 Å². The molecule has 0 amide bonds. The number of likely N-dealkylation sites (tertiary alicyclic amines) is 1. The summed E-state index contributed by atoms with van der Waals surface area (Å²) in [6, 6.07) is 7.11. The first-order chi connectivity index (χ1) is 8.56. The van der Waals surface area contributed by atoms with Crippen LogP contribution in [0.25, 0.3) is 0 Å². The summed E-state index contributed by atoms with van der Waals surface area (Å²) in [6.45, 7) is 5.42. The Morgan fingerprint density at radius 1 is 1.44 bits per heavy atom. The van der Waals surface area contributed by atoms with E-state index in [-0.39, 0.29) is 0 Å². The Labute approximate surface area is 111 Å². The molecule has 1 fully saturated rings. The van der Waals surface area contributed by atoms with E-state index >= 15 is 0 Å². The Kier molecular flexibility index (Phi) is 4.25. The topological polar surface area (TPSA) is 32.5 Å². The minimum absolute atomic E-state index is 0.720. The highest BCUT2D eigenvalue weighted by molar-refractivity contribution is 5.48. The maximum absolute atomic E-state index is 5.96. The van der Waals surface area contributed by atoms with E-state index in [2.05, 4.69) is 49.0 Å². The number of hydrogen-bond donors (Lipinski definition) is 1. The van der Waals surface area contributed by atoms with Crippen LogP contribution in [0.15, 0.2) is 18.2 Å². The van der Waals surface area contributed by atoms with E-state index in [1.165, 1.54) is 24.9 Å². The van der Waals surface area contributed by atoms with E-state index in [1.807, 2.05) is 0 Å². The average molecular weight is 247 g/mol. The molecule has 0 spiro atoms. The highest BCUT2D eigenvalue weighted by atomic mass is 15.2. The molecule has 18 heavy (non-hydrogen) atoms. The fourth-order valence-corrected chi connectivity index (χ4v) is 2.73. The molecule has 3 heteroatoms. The maximum Gasteiger partial charge on any atom is 0.0346 e. The predicted molar refractivity (Wildman–Crippen MR) is 77.6 cm³/mol. The molecule has 1 heterocycles. The third-order valence-electron chi connectivity index (χ3n) is 3.99. The molecule has 1 aliphatic heterocycles. The Bertz CT molecular complexity index is 403. The van der Waals surface area contributed by atoms with Crippen molar-refractivity contribution in [2.75, 3.05) is 32.9 Å². The van der Waals surface area contributed by atoms with Crippen LogP contribution in [-0.2, 0) is 6.54 Å². The van der Waals surface area contributed by atoms with Crippen LogP contribution < -0.4 is 5.73 Å². The molecule has 1 aromatic rings. The van der Waals surface area contributed by atoms with Crippen molar-refractivity contribution in [2.45, 2.75) is 32.4 Å². The number of nitrogens with two attached hydrogens (primary N) is 1. The Morgan fingerprint density at radius 3 is 2.83 bits per heavy atom. The van der Waals surface area contributed by atoms with Gasteiger partial charge in [0.15, 0.2) is 0 Å². The molecule has 1 unspecified atom stereocenters. The molecule has 2 rings (SSSR count). The van der Waals surface area contributed by atoms with Crippen LogP contribution in [0.2, 0.25) is 0 Å². The van der Waals surface area contributed by atoms with E-state index in [4.69, 9.17) is 5.73 Å². The van der Waals surface area contributed by atoms with Crippen molar-refractivity contribution < 1.29 is 0 Å². The zero-order chi connectivity index (χ0) is 13.1. The zero-order valence-corrected chi connectivity index (χ0v) is 11.8. The fraction of sp³-hybridized carbons (Fsp3) is 0.600. The van der Waals surface area contributed by atoms with Crippen molar-refractivity contribution in [1.29, 1.82) is 0 Å². The summed E-state index contributed by atoms with van der Waals surface area (Å²) < 4.78 is 0. The predicted octanol–water partition coefficient (Wildman–Crippen LogP) is 2.10. The highest BCUT2D eigenvalue weighted by Crippen LogP contribution is 2.18. The van der Waals surface area contributed by atoms with Crippen LogP contribution in [0.4, 0.5) is 5.69 Å². The highest BCUT2D eigenvalue weighted by Gasteiger charge is 2.21. The lowest BCUT2D eigenvalue weighted by molar-refractivity contribution is 0.215. The van der Waals surface area contributed by atoms with Gasteiger partial charge in [0.25, 0.3) is 0 Å². The Morgan fingerprint density at radius 2 is 2.22 bits per heavy atom. The lowest BCUT2D eigenvalue weighted by Gasteiger charge is -2.25. The number of anilines is 1. The number of benzene rings is 1. The zero-order valence-electron chi connectivity index (χ0n) is 11.8. The van der Waals surface area contributed by atoms with E-state index in [0.29, 0.717) is 0 Å². The largest absolute Gasteiger partial charge is 0.399 e. The molecule has 0 saturated carbocycles. The lowest BCUT2D eigenvalue weighted by Crippen LogP contribution is -2.36. The molecule has 100 valence electrons. The second kappa shape index (κ2) is 5.72. The molecule has 0 aromatic heterocycles. The van der Waals surface area contributed by atoms with Crippen molar-refractivity contribution in [3.8, 4) is 0 Å². The molecular weight excluding hydrogens is 222 g/mol. The van der Waals surface area contributed by atoms with Gasteiger partial charge in [-0.1, -0.05) is 12.1 Å². The normalized spacial score (nSPS) is 20.8. The summed E-state index contributed by atoms with van der Waals surface area (Å²) in [4.78, 5) is 4.87. The van der Waals surface area contributed by atoms with Crippen LogP contribution in [0.5, 0.6) is 0 Å². The van der Waals surface area contributed by atoms with Gasteiger partial charge in [0.1, 0.15) is 0 Å². The third kappa shape index (κ3) is 3.24. The van der Waals surface area contributed by atoms with Crippen molar-refractivity contribution in [3.05, 3.63) is 29.3 Å². The summed E-state index contributed by atoms with van der Waals surface area (Å²) in [5.41, 5.74) is 9.33. The van der Waals surface area contributed by atoms with Gasteiger partial charge in [-0.25, -0.2) is 0 Å². The molecule has 2 N–H and O–H groups in total. The average Bonchev–Trinajstić information content (AvgIpc) is 2.70. The third-order valence-corrected chi connectivity index (χ3v) is 3.99. The van der Waals surface area contributed by atoms with E-state index in [1.54, 1.807) is 0 Å². The number of nitrogen functional groups attached to an aromatic ring is 1. The van der Waals surface area contributed by atoms with Gasteiger partial charge in [0, 0.05) is 24.8 Å². The first kappa shape index (κ1) is 13.4. The van der Waals surface area contributed by atoms with E-state index in [0.717, 1.165) is 30.4 Å². The molecule has 1 saturated heterocycles. The molecule has 3 nitrogen and oxygen atoms in total. The van der Waals surface area contributed by atoms with Crippen LogP contribution >= 0.6 is 0 Å². The van der Waals surface area contributed by atoms with Crippen LogP contribution in [-0.4, -0.2) is 43.0 Å². The standard InChI is InChI=1S/C15H25N3/c1-12-6-7-13(9-15(12)16)10-17(2)11-14-5-4-8-18(14)3/h6-7,9,14H,4-5,8,10-11,16H2,1-3H3.